The highest BCUT2D eigenvalue weighted by Gasteiger charge is 2.22. The first-order valence-corrected chi connectivity index (χ1v) is 7.97. The SMILES string of the molecule is NCc1ccc(N2CCC(CN3CCCC3)CC2)cn1. The van der Waals surface area contributed by atoms with Gasteiger partial charge in [-0.05, 0) is 56.8 Å². The van der Waals surface area contributed by atoms with Crippen LogP contribution in [0.4, 0.5) is 5.69 Å². The number of aromatic nitrogens is 1. The zero-order valence-electron chi connectivity index (χ0n) is 12.3. The van der Waals surface area contributed by atoms with Crippen molar-refractivity contribution in [1.82, 2.24) is 9.88 Å². The molecule has 0 atom stereocenters. The molecule has 3 heterocycles. The van der Waals surface area contributed by atoms with E-state index in [4.69, 9.17) is 5.73 Å². The molecule has 4 nitrogen and oxygen atoms in total. The van der Waals surface area contributed by atoms with Gasteiger partial charge < -0.3 is 15.5 Å². The minimum atomic E-state index is 0.526. The maximum Gasteiger partial charge on any atom is 0.0552 e. The highest BCUT2D eigenvalue weighted by molar-refractivity contribution is 5.44. The van der Waals surface area contributed by atoms with Gasteiger partial charge in [-0.2, -0.15) is 0 Å². The van der Waals surface area contributed by atoms with Crippen molar-refractivity contribution in [3.8, 4) is 0 Å². The number of anilines is 1. The molecule has 3 rings (SSSR count). The van der Waals surface area contributed by atoms with E-state index in [0.717, 1.165) is 11.6 Å². The lowest BCUT2D eigenvalue weighted by Crippen LogP contribution is -2.38. The average Bonchev–Trinajstić information content (AvgIpc) is 3.01. The van der Waals surface area contributed by atoms with Gasteiger partial charge in [0.2, 0.25) is 0 Å². The average molecular weight is 274 g/mol. The summed E-state index contributed by atoms with van der Waals surface area (Å²) >= 11 is 0. The lowest BCUT2D eigenvalue weighted by atomic mass is 9.96. The number of hydrogen-bond acceptors (Lipinski definition) is 4. The van der Waals surface area contributed by atoms with Crippen LogP contribution in [0, 0.1) is 5.92 Å². The molecule has 0 bridgehead atoms. The van der Waals surface area contributed by atoms with Crippen molar-refractivity contribution >= 4 is 5.69 Å². The lowest BCUT2D eigenvalue weighted by Gasteiger charge is -2.35. The molecule has 0 saturated carbocycles. The quantitative estimate of drug-likeness (QED) is 0.910. The molecule has 2 aliphatic heterocycles. The Labute approximate surface area is 122 Å². The van der Waals surface area contributed by atoms with Gasteiger partial charge in [-0.1, -0.05) is 0 Å². The van der Waals surface area contributed by atoms with Crippen molar-refractivity contribution < 1.29 is 0 Å². The molecule has 0 spiro atoms. The van der Waals surface area contributed by atoms with E-state index in [-0.39, 0.29) is 0 Å². The summed E-state index contributed by atoms with van der Waals surface area (Å²) in [4.78, 5) is 9.52. The number of likely N-dealkylation sites (tertiary alicyclic amines) is 1. The van der Waals surface area contributed by atoms with E-state index in [1.54, 1.807) is 0 Å². The van der Waals surface area contributed by atoms with Gasteiger partial charge in [-0.25, -0.2) is 0 Å². The molecule has 4 heteroatoms. The van der Waals surface area contributed by atoms with Crippen molar-refractivity contribution in [2.45, 2.75) is 32.2 Å². The summed E-state index contributed by atoms with van der Waals surface area (Å²) < 4.78 is 0. The van der Waals surface area contributed by atoms with E-state index in [2.05, 4.69) is 20.9 Å². The molecule has 1 aromatic heterocycles. The number of hydrogen-bond donors (Lipinski definition) is 1. The second-order valence-electron chi connectivity index (χ2n) is 6.15. The maximum absolute atomic E-state index is 5.59. The molecule has 20 heavy (non-hydrogen) atoms. The van der Waals surface area contributed by atoms with Crippen LogP contribution >= 0.6 is 0 Å². The minimum Gasteiger partial charge on any atom is -0.370 e. The predicted molar refractivity (Wildman–Crippen MR) is 82.7 cm³/mol. The number of nitrogens with two attached hydrogens (primary N) is 1. The Kier molecular flexibility index (Phi) is 4.53. The molecule has 2 N–H and O–H groups in total. The summed E-state index contributed by atoms with van der Waals surface area (Å²) in [7, 11) is 0. The van der Waals surface area contributed by atoms with Gasteiger partial charge in [0, 0.05) is 26.2 Å². The summed E-state index contributed by atoms with van der Waals surface area (Å²) in [6.45, 7) is 6.83. The number of rotatable bonds is 4. The second kappa shape index (κ2) is 6.55. The molecule has 0 amide bonds. The van der Waals surface area contributed by atoms with E-state index >= 15 is 0 Å². The van der Waals surface area contributed by atoms with Crippen LogP contribution in [-0.4, -0.2) is 42.6 Å². The Bertz CT molecular complexity index is 403. The number of piperidine rings is 1. The Balaban J connectivity index is 1.49. The monoisotopic (exact) mass is 274 g/mol. The number of nitrogens with zero attached hydrogens (tertiary/aromatic N) is 3. The van der Waals surface area contributed by atoms with Crippen molar-refractivity contribution in [2.75, 3.05) is 37.6 Å². The summed E-state index contributed by atoms with van der Waals surface area (Å²) in [5, 5.41) is 0. The van der Waals surface area contributed by atoms with E-state index in [0.29, 0.717) is 6.54 Å². The van der Waals surface area contributed by atoms with Crippen molar-refractivity contribution in [3.05, 3.63) is 24.0 Å². The van der Waals surface area contributed by atoms with Crippen LogP contribution in [0.25, 0.3) is 0 Å². The molecule has 110 valence electrons. The summed E-state index contributed by atoms with van der Waals surface area (Å²) in [6.07, 6.45) is 7.41. The smallest absolute Gasteiger partial charge is 0.0552 e. The fourth-order valence-electron chi connectivity index (χ4n) is 3.43. The van der Waals surface area contributed by atoms with Crippen LogP contribution in [0.3, 0.4) is 0 Å². The largest absolute Gasteiger partial charge is 0.370 e. The molecule has 2 fully saturated rings. The third-order valence-corrected chi connectivity index (χ3v) is 4.71. The third kappa shape index (κ3) is 3.30. The van der Waals surface area contributed by atoms with E-state index in [9.17, 15) is 0 Å². The van der Waals surface area contributed by atoms with Crippen LogP contribution in [0.5, 0.6) is 0 Å². The van der Waals surface area contributed by atoms with Gasteiger partial charge in [0.15, 0.2) is 0 Å². The first kappa shape index (κ1) is 13.8. The third-order valence-electron chi connectivity index (χ3n) is 4.71. The zero-order chi connectivity index (χ0) is 13.8. The topological polar surface area (TPSA) is 45.4 Å². The normalized spacial score (nSPS) is 21.6. The molecule has 0 aromatic carbocycles. The Morgan fingerprint density at radius 2 is 1.85 bits per heavy atom. The molecule has 0 radical (unpaired) electrons. The Morgan fingerprint density at radius 1 is 1.10 bits per heavy atom. The van der Waals surface area contributed by atoms with Gasteiger partial charge >= 0.3 is 0 Å². The van der Waals surface area contributed by atoms with Crippen molar-refractivity contribution in [2.24, 2.45) is 11.7 Å². The summed E-state index contributed by atoms with van der Waals surface area (Å²) in [5.41, 5.74) is 7.82. The fourth-order valence-corrected chi connectivity index (χ4v) is 3.43. The summed E-state index contributed by atoms with van der Waals surface area (Å²) in [6, 6.07) is 4.21. The molecule has 2 saturated heterocycles. The first-order valence-electron chi connectivity index (χ1n) is 7.97. The molecule has 0 unspecified atom stereocenters. The molecule has 0 aliphatic carbocycles. The van der Waals surface area contributed by atoms with E-state index in [1.165, 1.54) is 64.1 Å². The number of pyridine rings is 1. The van der Waals surface area contributed by atoms with Crippen LogP contribution in [-0.2, 0) is 6.54 Å². The minimum absolute atomic E-state index is 0.526. The van der Waals surface area contributed by atoms with E-state index < -0.39 is 0 Å². The standard InChI is InChI=1S/C16H26N4/c17-11-15-3-4-16(12-18-15)20-9-5-14(6-10-20)13-19-7-1-2-8-19/h3-4,12,14H,1-2,5-11,13,17H2. The fraction of sp³-hybridized carbons (Fsp3) is 0.688. The van der Waals surface area contributed by atoms with E-state index in [1.807, 2.05) is 12.3 Å². The second-order valence-corrected chi connectivity index (χ2v) is 6.15. The van der Waals surface area contributed by atoms with Gasteiger partial charge in [-0.3, -0.25) is 4.98 Å². The van der Waals surface area contributed by atoms with Crippen LogP contribution in [0.1, 0.15) is 31.4 Å². The van der Waals surface area contributed by atoms with Crippen molar-refractivity contribution in [1.29, 1.82) is 0 Å². The Hall–Kier alpha value is -1.13. The van der Waals surface area contributed by atoms with Gasteiger partial charge in [0.1, 0.15) is 0 Å². The van der Waals surface area contributed by atoms with Crippen LogP contribution in [0.2, 0.25) is 0 Å². The van der Waals surface area contributed by atoms with Gasteiger partial charge in [0.05, 0.1) is 17.6 Å². The molecule has 1 aromatic rings. The van der Waals surface area contributed by atoms with Crippen LogP contribution < -0.4 is 10.6 Å². The Morgan fingerprint density at radius 3 is 2.45 bits per heavy atom. The maximum atomic E-state index is 5.59. The highest BCUT2D eigenvalue weighted by atomic mass is 15.2. The molecular formula is C16H26N4. The van der Waals surface area contributed by atoms with Gasteiger partial charge in [-0.15, -0.1) is 0 Å². The highest BCUT2D eigenvalue weighted by Crippen LogP contribution is 2.24. The van der Waals surface area contributed by atoms with Crippen LogP contribution in [0.15, 0.2) is 18.3 Å². The first-order chi connectivity index (χ1) is 9.85. The lowest BCUT2D eigenvalue weighted by molar-refractivity contribution is 0.249. The zero-order valence-corrected chi connectivity index (χ0v) is 12.3. The van der Waals surface area contributed by atoms with Gasteiger partial charge in [0.25, 0.3) is 0 Å². The molecular weight excluding hydrogens is 248 g/mol. The predicted octanol–water partition coefficient (Wildman–Crippen LogP) is 1.85. The summed E-state index contributed by atoms with van der Waals surface area (Å²) in [5.74, 6) is 0.889. The van der Waals surface area contributed by atoms with Crippen molar-refractivity contribution in [3.63, 3.8) is 0 Å². The molecule has 2 aliphatic rings.